The van der Waals surface area contributed by atoms with E-state index >= 15 is 0 Å². The molecule has 1 aromatic heterocycles. The fourth-order valence-electron chi connectivity index (χ4n) is 3.57. The first kappa shape index (κ1) is 20.8. The molecule has 154 valence electrons. The predicted octanol–water partition coefficient (Wildman–Crippen LogP) is 3.34. The Morgan fingerprint density at radius 1 is 1.45 bits per heavy atom. The van der Waals surface area contributed by atoms with Crippen LogP contribution in [0.1, 0.15) is 24.0 Å². The van der Waals surface area contributed by atoms with Gasteiger partial charge in [-0.05, 0) is 30.5 Å². The zero-order valence-corrected chi connectivity index (χ0v) is 16.9. The van der Waals surface area contributed by atoms with Crippen LogP contribution in [0.4, 0.5) is 22.9 Å². The molecule has 2 aromatic rings. The summed E-state index contributed by atoms with van der Waals surface area (Å²) in [6.07, 6.45) is 4.32. The third kappa shape index (κ3) is 4.75. The number of benzene rings is 1. The molecule has 29 heavy (non-hydrogen) atoms. The monoisotopic (exact) mass is 417 g/mol. The minimum absolute atomic E-state index is 0.0630. The molecule has 3 rings (SSSR count). The molecule has 5 N–H and O–H groups in total. The maximum absolute atomic E-state index is 11.3. The van der Waals surface area contributed by atoms with Crippen molar-refractivity contribution in [1.29, 1.82) is 5.41 Å². The summed E-state index contributed by atoms with van der Waals surface area (Å²) < 4.78 is 0. The molecule has 0 aliphatic carbocycles. The molecule has 1 aromatic carbocycles. The van der Waals surface area contributed by atoms with Gasteiger partial charge < -0.3 is 21.8 Å². The van der Waals surface area contributed by atoms with Crippen molar-refractivity contribution in [3.63, 3.8) is 0 Å². The SMILES string of the molecule is CNc1ccc(CN2CCC(Nc3c(Cl)cnc(N)c3[N+](=O)[O-])CC2)cc1C=N. The predicted molar refractivity (Wildman–Crippen MR) is 116 cm³/mol. The third-order valence-electron chi connectivity index (χ3n) is 5.10. The number of halogens is 1. The number of piperidine rings is 1. The molecule has 1 aliphatic rings. The number of nitrogens with zero attached hydrogens (tertiary/aromatic N) is 3. The van der Waals surface area contributed by atoms with Crippen molar-refractivity contribution in [2.75, 3.05) is 36.5 Å². The van der Waals surface area contributed by atoms with Gasteiger partial charge in [0.15, 0.2) is 0 Å². The topological polar surface area (TPSA) is 133 Å². The van der Waals surface area contributed by atoms with E-state index in [-0.39, 0.29) is 28.3 Å². The van der Waals surface area contributed by atoms with E-state index in [9.17, 15) is 10.1 Å². The van der Waals surface area contributed by atoms with Gasteiger partial charge in [-0.1, -0.05) is 17.7 Å². The quantitative estimate of drug-likeness (QED) is 0.308. The molecule has 0 spiro atoms. The van der Waals surface area contributed by atoms with Crippen molar-refractivity contribution < 1.29 is 4.92 Å². The van der Waals surface area contributed by atoms with Crippen LogP contribution in [-0.2, 0) is 6.54 Å². The Balaban J connectivity index is 1.63. The van der Waals surface area contributed by atoms with Gasteiger partial charge in [-0.25, -0.2) is 4.98 Å². The first-order valence-electron chi connectivity index (χ1n) is 9.31. The highest BCUT2D eigenvalue weighted by molar-refractivity contribution is 6.33. The van der Waals surface area contributed by atoms with Crippen LogP contribution < -0.4 is 16.4 Å². The van der Waals surface area contributed by atoms with Crippen molar-refractivity contribution in [3.05, 3.63) is 50.7 Å². The minimum atomic E-state index is -0.554. The van der Waals surface area contributed by atoms with Gasteiger partial charge in [-0.3, -0.25) is 15.0 Å². The van der Waals surface area contributed by atoms with Crippen molar-refractivity contribution >= 4 is 40.7 Å². The van der Waals surface area contributed by atoms with Crippen LogP contribution in [0.15, 0.2) is 24.4 Å². The number of nitrogens with two attached hydrogens (primary N) is 1. The Hall–Kier alpha value is -2.91. The van der Waals surface area contributed by atoms with Gasteiger partial charge in [0, 0.05) is 50.2 Å². The molecule has 0 unspecified atom stereocenters. The summed E-state index contributed by atoms with van der Waals surface area (Å²) in [6.45, 7) is 2.48. The smallest absolute Gasteiger partial charge is 0.335 e. The Bertz CT molecular complexity index is 914. The summed E-state index contributed by atoms with van der Waals surface area (Å²) in [4.78, 5) is 16.9. The number of rotatable bonds is 7. The molecular formula is C19H24ClN7O2. The summed E-state index contributed by atoms with van der Waals surface area (Å²) >= 11 is 6.14. The van der Waals surface area contributed by atoms with Gasteiger partial charge in [-0.2, -0.15) is 0 Å². The molecule has 1 aliphatic heterocycles. The lowest BCUT2D eigenvalue weighted by molar-refractivity contribution is -0.383. The Labute approximate surface area is 173 Å². The van der Waals surface area contributed by atoms with Crippen molar-refractivity contribution in [1.82, 2.24) is 9.88 Å². The van der Waals surface area contributed by atoms with E-state index in [1.54, 1.807) is 0 Å². The van der Waals surface area contributed by atoms with Crippen LogP contribution in [0, 0.1) is 15.5 Å². The summed E-state index contributed by atoms with van der Waals surface area (Å²) in [7, 11) is 1.84. The number of nitro groups is 1. The molecule has 0 saturated carbocycles. The van der Waals surface area contributed by atoms with Gasteiger partial charge >= 0.3 is 5.69 Å². The van der Waals surface area contributed by atoms with Gasteiger partial charge in [-0.15, -0.1) is 0 Å². The number of hydrogen-bond acceptors (Lipinski definition) is 8. The number of aromatic nitrogens is 1. The normalized spacial score (nSPS) is 15.1. The average Bonchev–Trinajstić information content (AvgIpc) is 2.71. The first-order chi connectivity index (χ1) is 13.9. The zero-order valence-electron chi connectivity index (χ0n) is 16.1. The average molecular weight is 418 g/mol. The van der Waals surface area contributed by atoms with E-state index in [1.165, 1.54) is 12.4 Å². The summed E-state index contributed by atoms with van der Waals surface area (Å²) in [5.41, 5.74) is 8.57. The second-order valence-corrected chi connectivity index (χ2v) is 7.39. The lowest BCUT2D eigenvalue weighted by Gasteiger charge is -2.33. The molecule has 1 saturated heterocycles. The van der Waals surface area contributed by atoms with Crippen LogP contribution in [0.2, 0.25) is 5.02 Å². The molecule has 0 amide bonds. The number of hydrogen-bond donors (Lipinski definition) is 4. The van der Waals surface area contributed by atoms with Crippen LogP contribution in [0.5, 0.6) is 0 Å². The maximum atomic E-state index is 11.3. The maximum Gasteiger partial charge on any atom is 0.335 e. The van der Waals surface area contributed by atoms with Crippen LogP contribution >= 0.6 is 11.6 Å². The van der Waals surface area contributed by atoms with Gasteiger partial charge in [0.25, 0.3) is 0 Å². The van der Waals surface area contributed by atoms with Gasteiger partial charge in [0.1, 0.15) is 5.69 Å². The summed E-state index contributed by atoms with van der Waals surface area (Å²) in [5.74, 6) is -0.147. The van der Waals surface area contributed by atoms with Crippen molar-refractivity contribution in [2.45, 2.75) is 25.4 Å². The molecule has 10 heteroatoms. The molecule has 1 fully saturated rings. The van der Waals surface area contributed by atoms with E-state index in [1.807, 2.05) is 19.2 Å². The highest BCUT2D eigenvalue weighted by Gasteiger charge is 2.27. The molecule has 0 radical (unpaired) electrons. The molecule has 0 atom stereocenters. The van der Waals surface area contributed by atoms with Crippen molar-refractivity contribution in [3.8, 4) is 0 Å². The fourth-order valence-corrected chi connectivity index (χ4v) is 3.76. The van der Waals surface area contributed by atoms with E-state index in [0.717, 1.165) is 49.3 Å². The molecule has 2 heterocycles. The van der Waals surface area contributed by atoms with Gasteiger partial charge in [0.2, 0.25) is 5.82 Å². The third-order valence-corrected chi connectivity index (χ3v) is 5.39. The van der Waals surface area contributed by atoms with E-state index in [4.69, 9.17) is 22.7 Å². The van der Waals surface area contributed by atoms with Crippen molar-refractivity contribution in [2.24, 2.45) is 0 Å². The Morgan fingerprint density at radius 2 is 2.17 bits per heavy atom. The summed E-state index contributed by atoms with van der Waals surface area (Å²) in [6, 6.07) is 6.13. The van der Waals surface area contributed by atoms with Crippen LogP contribution in [0.25, 0.3) is 0 Å². The van der Waals surface area contributed by atoms with E-state index in [0.29, 0.717) is 0 Å². The second kappa shape index (κ2) is 9.06. The minimum Gasteiger partial charge on any atom is -0.388 e. The van der Waals surface area contributed by atoms with Crippen LogP contribution in [-0.4, -0.2) is 47.2 Å². The Morgan fingerprint density at radius 3 is 2.79 bits per heavy atom. The fraction of sp³-hybridized carbons (Fsp3) is 0.368. The highest BCUT2D eigenvalue weighted by Crippen LogP contribution is 2.36. The first-order valence-corrected chi connectivity index (χ1v) is 9.69. The molecular weight excluding hydrogens is 394 g/mol. The van der Waals surface area contributed by atoms with E-state index in [2.05, 4.69) is 26.6 Å². The standard InChI is InChI=1S/C19H24ClN7O2/c1-23-16-3-2-12(8-13(16)9-21)11-26-6-4-14(5-7-26)25-17-15(20)10-24-19(22)18(17)27(28)29/h2-3,8-10,14,21,23H,4-7,11H2,1H3,(H3,22,24,25). The molecule has 0 bridgehead atoms. The highest BCUT2D eigenvalue weighted by atomic mass is 35.5. The zero-order chi connectivity index (χ0) is 21.0. The van der Waals surface area contributed by atoms with Gasteiger partial charge in [0.05, 0.1) is 16.1 Å². The molecule has 9 nitrogen and oxygen atoms in total. The number of likely N-dealkylation sites (tertiary alicyclic amines) is 1. The number of nitrogens with one attached hydrogen (secondary N) is 3. The summed E-state index contributed by atoms with van der Waals surface area (Å²) in [5, 5.41) is 25.4. The number of nitrogen functional groups attached to an aromatic ring is 1. The lowest BCUT2D eigenvalue weighted by atomic mass is 10.0. The van der Waals surface area contributed by atoms with E-state index < -0.39 is 4.92 Å². The lowest BCUT2D eigenvalue weighted by Crippen LogP contribution is -2.38. The largest absolute Gasteiger partial charge is 0.388 e. The second-order valence-electron chi connectivity index (χ2n) is 6.98. The number of anilines is 3. The number of pyridine rings is 1. The van der Waals surface area contributed by atoms with Crippen LogP contribution in [0.3, 0.4) is 0 Å². The Kier molecular flexibility index (Phi) is 6.50.